The molecule has 0 saturated heterocycles. The third-order valence-electron chi connectivity index (χ3n) is 2.63. The first kappa shape index (κ1) is 10.9. The Morgan fingerprint density at radius 2 is 1.89 bits per heavy atom. The van der Waals surface area contributed by atoms with E-state index in [1.54, 1.807) is 22.8 Å². The number of hydrogen-bond acceptors (Lipinski definition) is 3. The lowest BCUT2D eigenvalue weighted by Gasteiger charge is -2.02. The molecule has 5 heteroatoms. The average molecular weight is 299 g/mol. The van der Waals surface area contributed by atoms with Crippen LogP contribution in [0.5, 0.6) is 0 Å². The summed E-state index contributed by atoms with van der Waals surface area (Å²) in [5.74, 6) is 0. The van der Waals surface area contributed by atoms with Crippen LogP contribution in [0.1, 0.15) is 5.56 Å². The van der Waals surface area contributed by atoms with Gasteiger partial charge in [0, 0.05) is 5.56 Å². The van der Waals surface area contributed by atoms with Gasteiger partial charge in [-0.1, -0.05) is 12.1 Å². The summed E-state index contributed by atoms with van der Waals surface area (Å²) in [6.07, 6.45) is 1.71. The molecule has 2 aromatic heterocycles. The van der Waals surface area contributed by atoms with Gasteiger partial charge in [-0.15, -0.1) is 0 Å². The second kappa shape index (κ2) is 4.24. The fourth-order valence-corrected chi connectivity index (χ4v) is 2.08. The number of hydrogen-bond donors (Lipinski definition) is 0. The van der Waals surface area contributed by atoms with Gasteiger partial charge in [-0.2, -0.15) is 10.4 Å². The molecule has 0 fully saturated rings. The van der Waals surface area contributed by atoms with Crippen molar-refractivity contribution in [1.82, 2.24) is 14.6 Å². The molecule has 2 heterocycles. The van der Waals surface area contributed by atoms with Crippen LogP contribution in [0.2, 0.25) is 0 Å². The minimum absolute atomic E-state index is 0.642. The predicted molar refractivity (Wildman–Crippen MR) is 70.8 cm³/mol. The molecule has 0 amide bonds. The molecule has 3 aromatic rings. The fraction of sp³-hybridized carbons (Fsp3) is 0. The largest absolute Gasteiger partial charge is 0.234 e. The van der Waals surface area contributed by atoms with Crippen molar-refractivity contribution in [1.29, 1.82) is 5.26 Å². The number of nitrogens with zero attached hydrogens (tertiary/aromatic N) is 4. The van der Waals surface area contributed by atoms with Crippen LogP contribution in [0.3, 0.4) is 0 Å². The molecule has 4 nitrogen and oxygen atoms in total. The number of nitriles is 1. The second-order valence-corrected chi connectivity index (χ2v) is 4.57. The summed E-state index contributed by atoms with van der Waals surface area (Å²) in [5, 5.41) is 13.2. The molecule has 1 aromatic carbocycles. The lowest BCUT2D eigenvalue weighted by Crippen LogP contribution is -1.94. The van der Waals surface area contributed by atoms with Crippen molar-refractivity contribution < 1.29 is 0 Å². The SMILES string of the molecule is N#Cc1ccc(-c2ccc3ncc(Br)n3n2)cc1. The Morgan fingerprint density at radius 3 is 2.61 bits per heavy atom. The van der Waals surface area contributed by atoms with Crippen LogP contribution in [0.4, 0.5) is 0 Å². The van der Waals surface area contributed by atoms with Gasteiger partial charge >= 0.3 is 0 Å². The van der Waals surface area contributed by atoms with Gasteiger partial charge < -0.3 is 0 Å². The molecule has 86 valence electrons. The van der Waals surface area contributed by atoms with Crippen molar-refractivity contribution in [3.05, 3.63) is 52.8 Å². The predicted octanol–water partition coefficient (Wildman–Crippen LogP) is 3.03. The van der Waals surface area contributed by atoms with Gasteiger partial charge in [0.25, 0.3) is 0 Å². The molecule has 0 unspecified atom stereocenters. The summed E-state index contributed by atoms with van der Waals surface area (Å²) in [6.45, 7) is 0. The second-order valence-electron chi connectivity index (χ2n) is 3.76. The molecule has 0 saturated carbocycles. The highest BCUT2D eigenvalue weighted by Crippen LogP contribution is 2.19. The Balaban J connectivity index is 2.13. The maximum atomic E-state index is 8.76. The highest BCUT2D eigenvalue weighted by atomic mass is 79.9. The summed E-state index contributed by atoms with van der Waals surface area (Å²) in [5.41, 5.74) is 3.24. The zero-order valence-corrected chi connectivity index (χ0v) is 10.8. The van der Waals surface area contributed by atoms with Gasteiger partial charge in [-0.05, 0) is 40.2 Å². The van der Waals surface area contributed by atoms with E-state index < -0.39 is 0 Å². The lowest BCUT2D eigenvalue weighted by molar-refractivity contribution is 0.922. The standard InChI is InChI=1S/C13H7BrN4/c14-12-8-16-13-6-5-11(17-18(12)13)10-3-1-9(7-15)2-4-10/h1-6,8H. The van der Waals surface area contributed by atoms with E-state index in [1.165, 1.54) is 0 Å². The first-order valence-electron chi connectivity index (χ1n) is 5.29. The topological polar surface area (TPSA) is 54.0 Å². The van der Waals surface area contributed by atoms with Crippen LogP contribution in [0.15, 0.2) is 47.2 Å². The fourth-order valence-electron chi connectivity index (χ4n) is 1.71. The Hall–Kier alpha value is -2.19. The number of aromatic nitrogens is 3. The number of fused-ring (bicyclic) bond motifs is 1. The van der Waals surface area contributed by atoms with Crippen molar-refractivity contribution >= 4 is 21.6 Å². The smallest absolute Gasteiger partial charge is 0.154 e. The molecule has 0 aliphatic rings. The average Bonchev–Trinajstić information content (AvgIpc) is 2.80. The maximum Gasteiger partial charge on any atom is 0.154 e. The van der Waals surface area contributed by atoms with E-state index in [4.69, 9.17) is 5.26 Å². The molecule has 0 N–H and O–H groups in total. The number of imidazole rings is 1. The zero-order valence-electron chi connectivity index (χ0n) is 9.21. The van der Waals surface area contributed by atoms with E-state index in [2.05, 4.69) is 32.1 Å². The minimum atomic E-state index is 0.642. The Labute approximate surface area is 112 Å². The molecule has 18 heavy (non-hydrogen) atoms. The third-order valence-corrected chi connectivity index (χ3v) is 3.17. The van der Waals surface area contributed by atoms with E-state index in [0.717, 1.165) is 21.5 Å². The number of rotatable bonds is 1. The molecule has 0 radical (unpaired) electrons. The van der Waals surface area contributed by atoms with E-state index in [-0.39, 0.29) is 0 Å². The molecule has 0 aliphatic carbocycles. The van der Waals surface area contributed by atoms with Gasteiger partial charge in [0.1, 0.15) is 4.60 Å². The lowest BCUT2D eigenvalue weighted by atomic mass is 10.1. The first-order chi connectivity index (χ1) is 8.78. The van der Waals surface area contributed by atoms with Gasteiger partial charge in [0.05, 0.1) is 23.5 Å². The summed E-state index contributed by atoms with van der Waals surface area (Å²) in [7, 11) is 0. The summed E-state index contributed by atoms with van der Waals surface area (Å²) >= 11 is 3.39. The molecular formula is C13H7BrN4. The normalized spacial score (nSPS) is 10.4. The summed E-state index contributed by atoms with van der Waals surface area (Å²) in [4.78, 5) is 4.19. The first-order valence-corrected chi connectivity index (χ1v) is 6.08. The van der Waals surface area contributed by atoms with Crippen LogP contribution in [0, 0.1) is 11.3 Å². The van der Waals surface area contributed by atoms with E-state index in [0.29, 0.717) is 5.56 Å². The molecule has 3 rings (SSSR count). The Kier molecular flexibility index (Phi) is 2.58. The van der Waals surface area contributed by atoms with Gasteiger partial charge in [0.15, 0.2) is 5.65 Å². The van der Waals surface area contributed by atoms with E-state index in [9.17, 15) is 0 Å². The Bertz CT molecular complexity index is 753. The maximum absolute atomic E-state index is 8.76. The third kappa shape index (κ3) is 1.77. The van der Waals surface area contributed by atoms with Crippen molar-refractivity contribution in [3.8, 4) is 17.3 Å². The number of halogens is 1. The summed E-state index contributed by atoms with van der Waals surface area (Å²) < 4.78 is 2.54. The molecule has 0 spiro atoms. The van der Waals surface area contributed by atoms with Crippen LogP contribution < -0.4 is 0 Å². The van der Waals surface area contributed by atoms with E-state index >= 15 is 0 Å². The highest BCUT2D eigenvalue weighted by molar-refractivity contribution is 9.10. The zero-order chi connectivity index (χ0) is 12.5. The summed E-state index contributed by atoms with van der Waals surface area (Å²) in [6, 6.07) is 13.3. The van der Waals surface area contributed by atoms with Crippen molar-refractivity contribution in [2.75, 3.05) is 0 Å². The van der Waals surface area contributed by atoms with Crippen LogP contribution in [-0.2, 0) is 0 Å². The molecule has 0 atom stereocenters. The van der Waals surface area contributed by atoms with Crippen molar-refractivity contribution in [3.63, 3.8) is 0 Å². The quantitative estimate of drug-likeness (QED) is 0.694. The van der Waals surface area contributed by atoms with Gasteiger partial charge in [0.2, 0.25) is 0 Å². The van der Waals surface area contributed by atoms with Gasteiger partial charge in [-0.3, -0.25) is 0 Å². The van der Waals surface area contributed by atoms with Crippen molar-refractivity contribution in [2.45, 2.75) is 0 Å². The molecular weight excluding hydrogens is 292 g/mol. The van der Waals surface area contributed by atoms with Crippen LogP contribution in [-0.4, -0.2) is 14.6 Å². The van der Waals surface area contributed by atoms with Gasteiger partial charge in [-0.25, -0.2) is 9.50 Å². The monoisotopic (exact) mass is 298 g/mol. The van der Waals surface area contributed by atoms with Crippen molar-refractivity contribution in [2.24, 2.45) is 0 Å². The van der Waals surface area contributed by atoms with Crippen LogP contribution in [0.25, 0.3) is 16.9 Å². The van der Waals surface area contributed by atoms with E-state index in [1.807, 2.05) is 24.3 Å². The van der Waals surface area contributed by atoms with Crippen LogP contribution >= 0.6 is 15.9 Å². The molecule has 0 aliphatic heterocycles. The highest BCUT2D eigenvalue weighted by Gasteiger charge is 2.04. The minimum Gasteiger partial charge on any atom is -0.234 e. The molecule has 0 bridgehead atoms. The number of benzene rings is 1. The Morgan fingerprint density at radius 1 is 1.11 bits per heavy atom.